The Balaban J connectivity index is 1.94. The highest BCUT2D eigenvalue weighted by Gasteiger charge is 2.27. The third-order valence-corrected chi connectivity index (χ3v) is 3.69. The third kappa shape index (κ3) is 2.49. The smallest absolute Gasteiger partial charge is 0.223 e. The van der Waals surface area contributed by atoms with Gasteiger partial charge in [0.05, 0.1) is 5.69 Å². The fourth-order valence-corrected chi connectivity index (χ4v) is 2.37. The van der Waals surface area contributed by atoms with Crippen molar-refractivity contribution < 1.29 is 4.74 Å². The molecule has 3 rings (SSSR count). The molecule has 100 valence electrons. The van der Waals surface area contributed by atoms with Gasteiger partial charge in [0.15, 0.2) is 5.75 Å². The van der Waals surface area contributed by atoms with E-state index < -0.39 is 0 Å². The van der Waals surface area contributed by atoms with Crippen molar-refractivity contribution >= 4 is 15.9 Å². The lowest BCUT2D eigenvalue weighted by molar-refractivity contribution is 0.450. The van der Waals surface area contributed by atoms with Gasteiger partial charge in [0.2, 0.25) is 5.88 Å². The van der Waals surface area contributed by atoms with Crippen LogP contribution in [0.1, 0.15) is 36.0 Å². The van der Waals surface area contributed by atoms with Crippen LogP contribution in [0.5, 0.6) is 11.6 Å². The Morgan fingerprint density at radius 3 is 2.63 bits per heavy atom. The zero-order valence-electron chi connectivity index (χ0n) is 11.1. The van der Waals surface area contributed by atoms with Gasteiger partial charge >= 0.3 is 0 Å². The van der Waals surface area contributed by atoms with Crippen molar-refractivity contribution in [3.8, 4) is 11.6 Å². The van der Waals surface area contributed by atoms with Gasteiger partial charge in [-0.15, -0.1) is 0 Å². The van der Waals surface area contributed by atoms with E-state index in [9.17, 15) is 0 Å². The van der Waals surface area contributed by atoms with Crippen molar-refractivity contribution in [2.24, 2.45) is 7.05 Å². The number of aryl methyl sites for hydroxylation is 2. The van der Waals surface area contributed by atoms with Crippen LogP contribution in [0, 0.1) is 13.8 Å². The van der Waals surface area contributed by atoms with Gasteiger partial charge in [0, 0.05) is 19.0 Å². The van der Waals surface area contributed by atoms with Gasteiger partial charge in [-0.25, -0.2) is 4.98 Å². The van der Waals surface area contributed by atoms with E-state index in [1.54, 1.807) is 6.07 Å². The van der Waals surface area contributed by atoms with E-state index in [-0.39, 0.29) is 0 Å². The Bertz CT molecular complexity index is 634. The second-order valence-electron chi connectivity index (χ2n) is 4.89. The molecule has 1 aliphatic carbocycles. The summed E-state index contributed by atoms with van der Waals surface area (Å²) in [6.07, 6.45) is 2.34. The Morgan fingerprint density at radius 2 is 2.05 bits per heavy atom. The molecule has 6 heteroatoms. The summed E-state index contributed by atoms with van der Waals surface area (Å²) >= 11 is 3.41. The molecule has 1 fully saturated rings. The van der Waals surface area contributed by atoms with Crippen LogP contribution in [-0.4, -0.2) is 19.7 Å². The predicted molar refractivity (Wildman–Crippen MR) is 74.5 cm³/mol. The van der Waals surface area contributed by atoms with Crippen molar-refractivity contribution in [1.82, 2.24) is 19.7 Å². The Morgan fingerprint density at radius 1 is 1.32 bits per heavy atom. The molecule has 1 saturated carbocycles. The van der Waals surface area contributed by atoms with E-state index in [1.807, 2.05) is 25.6 Å². The Hall–Kier alpha value is -1.43. The molecule has 0 amide bonds. The number of hydrogen-bond acceptors (Lipinski definition) is 4. The first-order valence-electron chi connectivity index (χ1n) is 6.27. The average molecular weight is 323 g/mol. The van der Waals surface area contributed by atoms with Crippen molar-refractivity contribution in [2.45, 2.75) is 32.6 Å². The van der Waals surface area contributed by atoms with Crippen LogP contribution in [0.4, 0.5) is 0 Å². The van der Waals surface area contributed by atoms with E-state index in [2.05, 4.69) is 31.0 Å². The van der Waals surface area contributed by atoms with Gasteiger partial charge in [0.1, 0.15) is 16.1 Å². The molecular weight excluding hydrogens is 308 g/mol. The predicted octanol–water partition coefficient (Wildman–Crippen LogP) is 3.26. The monoisotopic (exact) mass is 322 g/mol. The molecule has 0 aliphatic heterocycles. The largest absolute Gasteiger partial charge is 0.435 e. The molecule has 0 aromatic carbocycles. The summed E-state index contributed by atoms with van der Waals surface area (Å²) in [6, 6.07) is 1.79. The summed E-state index contributed by atoms with van der Waals surface area (Å²) in [5, 5.41) is 4.34. The van der Waals surface area contributed by atoms with E-state index in [0.717, 1.165) is 27.6 Å². The number of hydrogen-bond donors (Lipinski definition) is 0. The topological polar surface area (TPSA) is 52.8 Å². The van der Waals surface area contributed by atoms with E-state index in [0.29, 0.717) is 11.8 Å². The molecule has 1 aliphatic rings. The van der Waals surface area contributed by atoms with Crippen molar-refractivity contribution in [1.29, 1.82) is 0 Å². The molecule has 2 heterocycles. The van der Waals surface area contributed by atoms with Crippen LogP contribution >= 0.6 is 15.9 Å². The standard InChI is InChI=1S/C13H15BrN4O/c1-7-12(8(2)18(3)17-7)19-11-6-10(14)15-13(16-11)9-4-5-9/h6,9H,4-5H2,1-3H3. The summed E-state index contributed by atoms with van der Waals surface area (Å²) in [6.45, 7) is 3.91. The number of nitrogens with zero attached hydrogens (tertiary/aromatic N) is 4. The fourth-order valence-electron chi connectivity index (χ4n) is 2.00. The fraction of sp³-hybridized carbons (Fsp3) is 0.462. The second kappa shape index (κ2) is 4.59. The lowest BCUT2D eigenvalue weighted by atomic mass is 10.3. The van der Waals surface area contributed by atoms with Crippen LogP contribution in [0.3, 0.4) is 0 Å². The van der Waals surface area contributed by atoms with E-state index in [4.69, 9.17) is 4.74 Å². The highest BCUT2D eigenvalue weighted by molar-refractivity contribution is 9.10. The van der Waals surface area contributed by atoms with Crippen molar-refractivity contribution in [3.63, 3.8) is 0 Å². The maximum atomic E-state index is 5.90. The first-order valence-corrected chi connectivity index (χ1v) is 7.06. The molecular formula is C13H15BrN4O. The summed E-state index contributed by atoms with van der Waals surface area (Å²) in [5.41, 5.74) is 1.85. The molecule has 0 N–H and O–H groups in total. The molecule has 19 heavy (non-hydrogen) atoms. The third-order valence-electron chi connectivity index (χ3n) is 3.28. The van der Waals surface area contributed by atoms with Gasteiger partial charge in [-0.2, -0.15) is 10.1 Å². The number of halogens is 1. The SMILES string of the molecule is Cc1nn(C)c(C)c1Oc1cc(Br)nc(C2CC2)n1. The molecule has 0 spiro atoms. The van der Waals surface area contributed by atoms with Crippen LogP contribution in [0.25, 0.3) is 0 Å². The zero-order valence-corrected chi connectivity index (χ0v) is 12.7. The van der Waals surface area contributed by atoms with Crippen LogP contribution in [0.15, 0.2) is 10.7 Å². The summed E-state index contributed by atoms with van der Waals surface area (Å²) in [7, 11) is 1.90. The van der Waals surface area contributed by atoms with Gasteiger partial charge in [-0.05, 0) is 42.6 Å². The zero-order chi connectivity index (χ0) is 13.6. The quantitative estimate of drug-likeness (QED) is 0.814. The highest BCUT2D eigenvalue weighted by Crippen LogP contribution is 2.39. The maximum Gasteiger partial charge on any atom is 0.223 e. The van der Waals surface area contributed by atoms with Gasteiger partial charge < -0.3 is 4.74 Å². The minimum absolute atomic E-state index is 0.496. The van der Waals surface area contributed by atoms with Gasteiger partial charge in [-0.3, -0.25) is 4.68 Å². The molecule has 0 saturated heterocycles. The normalized spacial score (nSPS) is 14.7. The molecule has 5 nitrogen and oxygen atoms in total. The average Bonchev–Trinajstić information content (AvgIpc) is 3.15. The first-order chi connectivity index (χ1) is 9.04. The maximum absolute atomic E-state index is 5.90. The molecule has 2 aromatic rings. The van der Waals surface area contributed by atoms with Gasteiger partial charge in [0.25, 0.3) is 0 Å². The molecule has 0 radical (unpaired) electrons. The number of rotatable bonds is 3. The molecule has 0 bridgehead atoms. The molecule has 2 aromatic heterocycles. The highest BCUT2D eigenvalue weighted by atomic mass is 79.9. The molecule has 0 unspecified atom stereocenters. The van der Waals surface area contributed by atoms with Gasteiger partial charge in [-0.1, -0.05) is 0 Å². The number of ether oxygens (including phenoxy) is 1. The second-order valence-corrected chi connectivity index (χ2v) is 5.70. The van der Waals surface area contributed by atoms with E-state index in [1.165, 1.54) is 12.8 Å². The van der Waals surface area contributed by atoms with Crippen molar-refractivity contribution in [3.05, 3.63) is 27.9 Å². The van der Waals surface area contributed by atoms with Crippen LogP contribution in [0.2, 0.25) is 0 Å². The van der Waals surface area contributed by atoms with Crippen LogP contribution in [-0.2, 0) is 7.05 Å². The van der Waals surface area contributed by atoms with Crippen molar-refractivity contribution in [2.75, 3.05) is 0 Å². The Kier molecular flexibility index (Phi) is 3.05. The first kappa shape index (κ1) is 12.6. The lowest BCUT2D eigenvalue weighted by Gasteiger charge is -2.07. The summed E-state index contributed by atoms with van der Waals surface area (Å²) in [5.74, 6) is 2.71. The van der Waals surface area contributed by atoms with E-state index >= 15 is 0 Å². The molecule has 0 atom stereocenters. The lowest BCUT2D eigenvalue weighted by Crippen LogP contribution is -1.98. The summed E-state index contributed by atoms with van der Waals surface area (Å²) < 4.78 is 8.47. The Labute approximate surface area is 120 Å². The summed E-state index contributed by atoms with van der Waals surface area (Å²) in [4.78, 5) is 8.87. The van der Waals surface area contributed by atoms with Crippen LogP contribution < -0.4 is 4.74 Å². The number of aromatic nitrogens is 4. The minimum Gasteiger partial charge on any atom is -0.435 e. The minimum atomic E-state index is 0.496.